The Morgan fingerprint density at radius 2 is 1.91 bits per heavy atom. The van der Waals surface area contributed by atoms with Gasteiger partial charge in [0, 0.05) is 6.07 Å². The Bertz CT molecular complexity index is 624. The van der Waals surface area contributed by atoms with Crippen molar-refractivity contribution in [2.24, 2.45) is 5.92 Å². The molecule has 0 aliphatic heterocycles. The fourth-order valence-electron chi connectivity index (χ4n) is 1.45. The Kier molecular flexibility index (Phi) is 5.10. The molecule has 0 aliphatic carbocycles. The van der Waals surface area contributed by atoms with E-state index in [0.29, 0.717) is 7.11 Å². The van der Waals surface area contributed by atoms with Crippen LogP contribution in [0.15, 0.2) is 20.2 Å². The number of alkyl halides is 5. The average molecular weight is 348 g/mol. The maximum absolute atomic E-state index is 13.8. The molecule has 22 heavy (non-hydrogen) atoms. The first kappa shape index (κ1) is 18.3. The molecule has 0 amide bonds. The number of carbonyl (C=O) groups excluding carboxylic acids is 1. The van der Waals surface area contributed by atoms with E-state index in [1.54, 1.807) is 0 Å². The molecule has 0 fully saturated rings. The molecule has 0 radical (unpaired) electrons. The number of esters is 1. The second kappa shape index (κ2) is 6.15. The summed E-state index contributed by atoms with van der Waals surface area (Å²) in [5.74, 6) is -7.14. The fraction of sp³-hybridized carbons (Fsp3) is 0.455. The summed E-state index contributed by atoms with van der Waals surface area (Å²) in [6.45, 7) is 1.22. The van der Waals surface area contributed by atoms with Gasteiger partial charge in [0.1, 0.15) is 16.4 Å². The normalized spacial score (nSPS) is 13.8. The number of methoxy groups -OCH3 is 1. The molecule has 1 atom stereocenters. The maximum atomic E-state index is 13.8. The minimum absolute atomic E-state index is 0.129. The van der Waals surface area contributed by atoms with Crippen molar-refractivity contribution in [3.63, 3.8) is 0 Å². The quantitative estimate of drug-likeness (QED) is 0.512. The van der Waals surface area contributed by atoms with Gasteiger partial charge >= 0.3 is 23.0 Å². The van der Waals surface area contributed by atoms with Gasteiger partial charge in [-0.25, -0.2) is 4.79 Å². The zero-order valence-electron chi connectivity index (χ0n) is 11.0. The van der Waals surface area contributed by atoms with Gasteiger partial charge in [0.25, 0.3) is 0 Å². The van der Waals surface area contributed by atoms with Crippen LogP contribution >= 0.6 is 11.8 Å². The number of thioether (sulfide) groups is 1. The topological polar surface area (TPSA) is 76.7 Å². The average Bonchev–Trinajstić information content (AvgIpc) is 2.31. The van der Waals surface area contributed by atoms with Crippen LogP contribution in [0.25, 0.3) is 0 Å². The largest absolute Gasteiger partial charge is 0.506 e. The van der Waals surface area contributed by atoms with Crippen molar-refractivity contribution < 1.29 is 41.0 Å². The molecule has 0 saturated heterocycles. The molecular formula is C11H9F5O5S. The molecule has 1 aromatic rings. The maximum Gasteiger partial charge on any atom is 0.409 e. The van der Waals surface area contributed by atoms with E-state index in [1.165, 1.54) is 6.92 Å². The second-order valence-electron chi connectivity index (χ2n) is 4.02. The highest BCUT2D eigenvalue weighted by molar-refractivity contribution is 8.00. The summed E-state index contributed by atoms with van der Waals surface area (Å²) in [5.41, 5.74) is -1.45. The van der Waals surface area contributed by atoms with Gasteiger partial charge in [0.05, 0.1) is 7.11 Å². The van der Waals surface area contributed by atoms with Crippen molar-refractivity contribution in [2.75, 3.05) is 7.11 Å². The molecule has 1 heterocycles. The molecule has 0 unspecified atom stereocenters. The smallest absolute Gasteiger partial charge is 0.409 e. The first-order valence-corrected chi connectivity index (χ1v) is 6.27. The van der Waals surface area contributed by atoms with Crippen LogP contribution in [0.1, 0.15) is 5.76 Å². The van der Waals surface area contributed by atoms with E-state index in [0.717, 1.165) is 6.07 Å². The van der Waals surface area contributed by atoms with Crippen LogP contribution in [0.4, 0.5) is 22.0 Å². The molecule has 5 nitrogen and oxygen atoms in total. The van der Waals surface area contributed by atoms with E-state index < -0.39 is 51.4 Å². The van der Waals surface area contributed by atoms with Gasteiger partial charge in [0.15, 0.2) is 0 Å². The lowest BCUT2D eigenvalue weighted by Crippen LogP contribution is -2.43. The summed E-state index contributed by atoms with van der Waals surface area (Å²) in [6, 6.07) is 0.778. The van der Waals surface area contributed by atoms with E-state index in [9.17, 15) is 36.6 Å². The van der Waals surface area contributed by atoms with Crippen molar-refractivity contribution >= 4 is 17.7 Å². The van der Waals surface area contributed by atoms with Crippen molar-refractivity contribution in [3.8, 4) is 5.75 Å². The third kappa shape index (κ3) is 3.90. The Morgan fingerprint density at radius 1 is 1.36 bits per heavy atom. The van der Waals surface area contributed by atoms with Gasteiger partial charge in [-0.2, -0.15) is 22.0 Å². The summed E-state index contributed by atoms with van der Waals surface area (Å²) < 4.78 is 73.8. The number of hydrogen-bond acceptors (Lipinski definition) is 6. The summed E-state index contributed by atoms with van der Waals surface area (Å²) in [7, 11) is 0.513. The van der Waals surface area contributed by atoms with Crippen LogP contribution in [0, 0.1) is 12.8 Å². The minimum atomic E-state index is -5.62. The molecule has 1 aromatic heterocycles. The Hall–Kier alpha value is -1.78. The second-order valence-corrected chi connectivity index (χ2v) is 5.18. The van der Waals surface area contributed by atoms with Gasteiger partial charge in [-0.05, 0) is 18.7 Å². The molecule has 124 valence electrons. The minimum Gasteiger partial charge on any atom is -0.506 e. The Morgan fingerprint density at radius 3 is 2.32 bits per heavy atom. The third-order valence-corrected chi connectivity index (χ3v) is 3.44. The predicted molar refractivity (Wildman–Crippen MR) is 63.7 cm³/mol. The summed E-state index contributed by atoms with van der Waals surface area (Å²) in [6.07, 6.45) is -5.62. The Balaban J connectivity index is 3.29. The SMILES string of the molecule is COC(=O)[C@H](C(F)(F)F)C(F)(F)Sc1c(O)cc(C)oc1=O. The van der Waals surface area contributed by atoms with Crippen LogP contribution in [0.2, 0.25) is 0 Å². The molecule has 0 aliphatic rings. The lowest BCUT2D eigenvalue weighted by Gasteiger charge is -2.25. The fourth-order valence-corrected chi connectivity index (χ4v) is 2.36. The standard InChI is InChI=1S/C11H9F5O5S/c1-4-3-5(17)6(8(18)21-4)22-11(15,16)7(9(19)20-2)10(12,13)14/h3,7,17H,1-2H3/t7-/m1/s1. The highest BCUT2D eigenvalue weighted by Gasteiger charge is 2.62. The van der Waals surface area contributed by atoms with Gasteiger partial charge in [-0.1, -0.05) is 0 Å². The van der Waals surface area contributed by atoms with E-state index in [4.69, 9.17) is 0 Å². The zero-order valence-corrected chi connectivity index (χ0v) is 11.8. The van der Waals surface area contributed by atoms with Crippen LogP contribution in [0.5, 0.6) is 5.75 Å². The summed E-state index contributed by atoms with van der Waals surface area (Å²) in [5, 5.41) is 4.61. The predicted octanol–water partition coefficient (Wildman–Crippen LogP) is 2.69. The molecule has 11 heteroatoms. The van der Waals surface area contributed by atoms with E-state index in [1.807, 2.05) is 0 Å². The van der Waals surface area contributed by atoms with Crippen LogP contribution in [-0.4, -0.2) is 29.6 Å². The number of halogens is 5. The van der Waals surface area contributed by atoms with E-state index >= 15 is 0 Å². The van der Waals surface area contributed by atoms with Gasteiger partial charge in [-0.15, -0.1) is 0 Å². The molecule has 0 aromatic carbocycles. The number of hydrogen-bond donors (Lipinski definition) is 1. The number of ether oxygens (including phenoxy) is 1. The number of aryl methyl sites for hydroxylation is 1. The molecule has 1 N–H and O–H groups in total. The molecule has 0 bridgehead atoms. The highest BCUT2D eigenvalue weighted by atomic mass is 32.2. The van der Waals surface area contributed by atoms with Crippen LogP contribution in [0.3, 0.4) is 0 Å². The van der Waals surface area contributed by atoms with Crippen LogP contribution in [-0.2, 0) is 9.53 Å². The van der Waals surface area contributed by atoms with Gasteiger partial charge in [0.2, 0.25) is 5.92 Å². The zero-order chi connectivity index (χ0) is 17.3. The number of rotatable bonds is 4. The summed E-state index contributed by atoms with van der Waals surface area (Å²) >= 11 is -0.924. The first-order valence-electron chi connectivity index (χ1n) is 5.45. The molecule has 0 spiro atoms. The van der Waals surface area contributed by atoms with Crippen molar-refractivity contribution in [3.05, 3.63) is 22.2 Å². The molecular weight excluding hydrogens is 339 g/mol. The first-order chi connectivity index (χ1) is 9.90. The monoisotopic (exact) mass is 348 g/mol. The highest BCUT2D eigenvalue weighted by Crippen LogP contribution is 2.49. The van der Waals surface area contributed by atoms with Crippen molar-refractivity contribution in [2.45, 2.75) is 23.3 Å². The lowest BCUT2D eigenvalue weighted by molar-refractivity contribution is -0.224. The van der Waals surface area contributed by atoms with Crippen molar-refractivity contribution in [1.82, 2.24) is 0 Å². The Labute approximate surface area is 124 Å². The lowest BCUT2D eigenvalue weighted by atomic mass is 10.1. The molecule has 0 saturated carbocycles. The summed E-state index contributed by atoms with van der Waals surface area (Å²) in [4.78, 5) is 21.2. The van der Waals surface area contributed by atoms with Crippen LogP contribution < -0.4 is 5.63 Å². The van der Waals surface area contributed by atoms with E-state index in [2.05, 4.69) is 9.15 Å². The number of carbonyl (C=O) groups is 1. The van der Waals surface area contributed by atoms with E-state index in [-0.39, 0.29) is 5.76 Å². The number of aromatic hydroxyl groups is 1. The van der Waals surface area contributed by atoms with Gasteiger partial charge in [-0.3, -0.25) is 4.79 Å². The third-order valence-electron chi connectivity index (χ3n) is 2.35. The van der Waals surface area contributed by atoms with Crippen molar-refractivity contribution in [1.29, 1.82) is 0 Å². The van der Waals surface area contributed by atoms with Gasteiger partial charge < -0.3 is 14.3 Å². The molecule has 1 rings (SSSR count).